The van der Waals surface area contributed by atoms with Gasteiger partial charge in [-0.15, -0.1) is 0 Å². The van der Waals surface area contributed by atoms with Crippen molar-refractivity contribution in [3.63, 3.8) is 0 Å². The molecule has 0 bridgehead atoms. The second-order valence-corrected chi connectivity index (χ2v) is 8.91. The van der Waals surface area contributed by atoms with Gasteiger partial charge in [-0.3, -0.25) is 4.79 Å². The SMILES string of the molecule is O=C(O)C(Cc1cccc(CO)c1)CN1CCC2(CC1)OCc1ccc(F)cc12.O=C(O)C(F)(F)F. The zero-order valence-electron chi connectivity index (χ0n) is 19.3. The van der Waals surface area contributed by atoms with E-state index in [2.05, 4.69) is 4.90 Å². The highest BCUT2D eigenvalue weighted by Gasteiger charge is 2.43. The number of nitrogens with zero attached hydrogens (tertiary/aromatic N) is 1. The molecular formula is C25H27F4NO6. The Morgan fingerprint density at radius 2 is 1.69 bits per heavy atom. The number of carbonyl (C=O) groups is 2. The first kappa shape index (κ1) is 27.6. The summed E-state index contributed by atoms with van der Waals surface area (Å²) in [4.78, 5) is 22.9. The summed E-state index contributed by atoms with van der Waals surface area (Å²) in [6.45, 7) is 2.36. The molecule has 1 unspecified atom stereocenters. The lowest BCUT2D eigenvalue weighted by Crippen LogP contribution is -2.45. The number of likely N-dealkylation sites (tertiary alicyclic amines) is 1. The third kappa shape index (κ3) is 6.80. The Balaban J connectivity index is 0.000000454. The Morgan fingerprint density at radius 1 is 1.06 bits per heavy atom. The van der Waals surface area contributed by atoms with Gasteiger partial charge in [0.25, 0.3) is 0 Å². The molecule has 0 radical (unpaired) electrons. The van der Waals surface area contributed by atoms with Crippen LogP contribution in [0.15, 0.2) is 42.5 Å². The molecule has 1 fully saturated rings. The Kier molecular flexibility index (Phi) is 8.70. The molecule has 0 aliphatic carbocycles. The maximum atomic E-state index is 13.8. The molecule has 7 nitrogen and oxygen atoms in total. The van der Waals surface area contributed by atoms with Crippen molar-refractivity contribution in [2.75, 3.05) is 19.6 Å². The molecule has 4 rings (SSSR count). The van der Waals surface area contributed by atoms with Crippen molar-refractivity contribution < 1.29 is 47.2 Å². The van der Waals surface area contributed by atoms with Crippen LogP contribution in [0.1, 0.15) is 35.1 Å². The van der Waals surface area contributed by atoms with Gasteiger partial charge in [0.1, 0.15) is 5.82 Å². The third-order valence-corrected chi connectivity index (χ3v) is 6.46. The Morgan fingerprint density at radius 3 is 2.28 bits per heavy atom. The molecule has 2 aliphatic heterocycles. The van der Waals surface area contributed by atoms with Crippen LogP contribution in [-0.2, 0) is 39.6 Å². The van der Waals surface area contributed by atoms with Crippen LogP contribution in [0.4, 0.5) is 17.6 Å². The summed E-state index contributed by atoms with van der Waals surface area (Å²) in [5.41, 5.74) is 3.26. The number of hydrogen-bond acceptors (Lipinski definition) is 5. The fourth-order valence-electron chi connectivity index (χ4n) is 4.58. The Hall–Kier alpha value is -3.02. The fraction of sp³-hybridized carbons (Fsp3) is 0.440. The lowest BCUT2D eigenvalue weighted by Gasteiger charge is -2.40. The van der Waals surface area contributed by atoms with Gasteiger partial charge in [0.15, 0.2) is 0 Å². The van der Waals surface area contributed by atoms with Crippen molar-refractivity contribution in [2.45, 2.75) is 44.3 Å². The Bertz CT molecular complexity index is 1080. The van der Waals surface area contributed by atoms with Crippen molar-refractivity contribution in [1.82, 2.24) is 4.90 Å². The summed E-state index contributed by atoms with van der Waals surface area (Å²) in [5, 5.41) is 26.1. The average molecular weight is 513 g/mol. The number of aliphatic carboxylic acids is 2. The molecule has 2 aliphatic rings. The van der Waals surface area contributed by atoms with Crippen molar-refractivity contribution in [3.8, 4) is 0 Å². The van der Waals surface area contributed by atoms with Gasteiger partial charge in [-0.1, -0.05) is 30.3 Å². The average Bonchev–Trinajstić information content (AvgIpc) is 3.17. The van der Waals surface area contributed by atoms with Gasteiger partial charge in [-0.25, -0.2) is 9.18 Å². The number of aliphatic hydroxyl groups excluding tert-OH is 1. The second kappa shape index (κ2) is 11.4. The molecule has 36 heavy (non-hydrogen) atoms. The van der Waals surface area contributed by atoms with E-state index < -0.39 is 29.6 Å². The summed E-state index contributed by atoms with van der Waals surface area (Å²) >= 11 is 0. The number of piperidine rings is 1. The van der Waals surface area contributed by atoms with E-state index in [0.717, 1.165) is 48.2 Å². The first-order valence-corrected chi connectivity index (χ1v) is 11.3. The zero-order valence-corrected chi connectivity index (χ0v) is 19.3. The summed E-state index contributed by atoms with van der Waals surface area (Å²) < 4.78 is 51.6. The summed E-state index contributed by atoms with van der Waals surface area (Å²) in [6, 6.07) is 12.3. The first-order valence-electron chi connectivity index (χ1n) is 11.3. The minimum atomic E-state index is -5.08. The highest BCUT2D eigenvalue weighted by molar-refractivity contribution is 5.73. The topological polar surface area (TPSA) is 107 Å². The van der Waals surface area contributed by atoms with Crippen LogP contribution in [0.3, 0.4) is 0 Å². The van der Waals surface area contributed by atoms with E-state index in [4.69, 9.17) is 14.6 Å². The van der Waals surface area contributed by atoms with Crippen molar-refractivity contribution >= 4 is 11.9 Å². The summed E-state index contributed by atoms with van der Waals surface area (Å²) in [5.74, 6) is -4.34. The van der Waals surface area contributed by atoms with Crippen LogP contribution in [0.2, 0.25) is 0 Å². The predicted molar refractivity (Wildman–Crippen MR) is 119 cm³/mol. The smallest absolute Gasteiger partial charge is 0.481 e. The van der Waals surface area contributed by atoms with Gasteiger partial charge < -0.3 is 25.0 Å². The molecule has 1 saturated heterocycles. The number of rotatable bonds is 6. The summed E-state index contributed by atoms with van der Waals surface area (Å²) in [7, 11) is 0. The van der Waals surface area contributed by atoms with Crippen LogP contribution in [0, 0.1) is 11.7 Å². The molecule has 2 aromatic rings. The largest absolute Gasteiger partial charge is 0.490 e. The van der Waals surface area contributed by atoms with Crippen LogP contribution < -0.4 is 0 Å². The Labute approximate surface area is 204 Å². The molecule has 2 aromatic carbocycles. The molecule has 0 saturated carbocycles. The van der Waals surface area contributed by atoms with Crippen LogP contribution in [-0.4, -0.2) is 58.0 Å². The van der Waals surface area contributed by atoms with Gasteiger partial charge in [0, 0.05) is 19.6 Å². The highest BCUT2D eigenvalue weighted by atomic mass is 19.4. The van der Waals surface area contributed by atoms with E-state index in [0.29, 0.717) is 19.6 Å². The van der Waals surface area contributed by atoms with Gasteiger partial charge in [-0.05, 0) is 53.6 Å². The predicted octanol–water partition coefficient (Wildman–Crippen LogP) is 3.72. The quantitative estimate of drug-likeness (QED) is 0.506. The lowest BCUT2D eigenvalue weighted by atomic mass is 9.83. The molecular weight excluding hydrogens is 486 g/mol. The number of halogens is 4. The summed E-state index contributed by atoms with van der Waals surface area (Å²) in [6.07, 6.45) is -3.19. The van der Waals surface area contributed by atoms with E-state index in [1.165, 1.54) is 6.07 Å². The standard InChI is InChI=1S/C23H26FNO4.C2HF3O2/c24-20-5-4-18-15-29-23(21(18)12-20)6-8-25(9-7-23)13-19(22(27)28)11-16-2-1-3-17(10-16)14-26;3-2(4,5)1(6)7/h1-5,10,12,19,26H,6-9,11,13-15H2,(H,27,28);(H,6,7). The van der Waals surface area contributed by atoms with Gasteiger partial charge >= 0.3 is 18.1 Å². The van der Waals surface area contributed by atoms with Gasteiger partial charge in [0.05, 0.1) is 24.7 Å². The number of hydrogen-bond donors (Lipinski definition) is 3. The van der Waals surface area contributed by atoms with Gasteiger partial charge in [-0.2, -0.15) is 13.2 Å². The zero-order chi connectivity index (χ0) is 26.5. The minimum Gasteiger partial charge on any atom is -0.481 e. The van der Waals surface area contributed by atoms with E-state index in [9.17, 15) is 32.6 Å². The number of aliphatic hydroxyl groups is 1. The number of alkyl halides is 3. The normalized spacial score (nSPS) is 17.7. The van der Waals surface area contributed by atoms with Crippen molar-refractivity contribution in [3.05, 3.63) is 70.5 Å². The van der Waals surface area contributed by atoms with E-state index in [1.807, 2.05) is 24.3 Å². The maximum Gasteiger partial charge on any atom is 0.490 e. The molecule has 2 heterocycles. The molecule has 11 heteroatoms. The molecule has 196 valence electrons. The first-order chi connectivity index (χ1) is 16.9. The number of carboxylic acids is 2. The molecule has 3 N–H and O–H groups in total. The van der Waals surface area contributed by atoms with Crippen LogP contribution in [0.5, 0.6) is 0 Å². The van der Waals surface area contributed by atoms with E-state index >= 15 is 0 Å². The number of benzene rings is 2. The van der Waals surface area contributed by atoms with Crippen LogP contribution in [0.25, 0.3) is 0 Å². The van der Waals surface area contributed by atoms with E-state index in [-0.39, 0.29) is 12.4 Å². The molecule has 0 aromatic heterocycles. The van der Waals surface area contributed by atoms with E-state index in [1.54, 1.807) is 12.1 Å². The number of carboxylic acid groups (broad SMARTS) is 2. The third-order valence-electron chi connectivity index (χ3n) is 6.46. The van der Waals surface area contributed by atoms with Crippen LogP contribution >= 0.6 is 0 Å². The maximum absolute atomic E-state index is 13.8. The van der Waals surface area contributed by atoms with Crippen molar-refractivity contribution in [2.24, 2.45) is 5.92 Å². The van der Waals surface area contributed by atoms with Gasteiger partial charge in [0.2, 0.25) is 0 Å². The van der Waals surface area contributed by atoms with Crippen molar-refractivity contribution in [1.29, 1.82) is 0 Å². The second-order valence-electron chi connectivity index (χ2n) is 8.91. The number of fused-ring (bicyclic) bond motifs is 2. The molecule has 1 atom stereocenters. The fourth-order valence-corrected chi connectivity index (χ4v) is 4.58. The minimum absolute atomic E-state index is 0.0537. The number of ether oxygens (including phenoxy) is 1. The highest BCUT2D eigenvalue weighted by Crippen LogP contribution is 2.44. The molecule has 1 spiro atoms. The monoisotopic (exact) mass is 513 g/mol. The molecule has 0 amide bonds. The lowest BCUT2D eigenvalue weighted by molar-refractivity contribution is -0.192.